The Bertz CT molecular complexity index is 648. The Morgan fingerprint density at radius 2 is 2.10 bits per heavy atom. The van der Waals surface area contributed by atoms with E-state index in [9.17, 15) is 4.39 Å². The van der Waals surface area contributed by atoms with Gasteiger partial charge in [0.05, 0.1) is 12.6 Å². The van der Waals surface area contributed by atoms with Gasteiger partial charge in [-0.2, -0.15) is 0 Å². The van der Waals surface area contributed by atoms with Crippen LogP contribution in [0.3, 0.4) is 0 Å². The van der Waals surface area contributed by atoms with E-state index in [1.54, 1.807) is 6.07 Å². The van der Waals surface area contributed by atoms with Crippen LogP contribution < -0.4 is 16.0 Å². The summed E-state index contributed by atoms with van der Waals surface area (Å²) in [6, 6.07) is 9.94. The standard InChI is InChI=1S/C15H14ClFN2O/c16-13-8-11(17)2-3-12(13)15(19-18)10-1-4-14-9(7-10)5-6-20-14/h1-4,7-8,15,19H,5-6,18H2. The first-order chi connectivity index (χ1) is 9.69. The number of benzene rings is 2. The highest BCUT2D eigenvalue weighted by atomic mass is 35.5. The van der Waals surface area contributed by atoms with Crippen molar-refractivity contribution >= 4 is 11.6 Å². The van der Waals surface area contributed by atoms with Crippen LogP contribution in [-0.2, 0) is 6.42 Å². The molecule has 1 atom stereocenters. The smallest absolute Gasteiger partial charge is 0.124 e. The average molecular weight is 293 g/mol. The van der Waals surface area contributed by atoms with Crippen LogP contribution in [-0.4, -0.2) is 6.61 Å². The Balaban J connectivity index is 2.01. The third-order valence-electron chi connectivity index (χ3n) is 3.49. The Hall–Kier alpha value is -1.62. The molecule has 2 aromatic rings. The first kappa shape index (κ1) is 13.4. The van der Waals surface area contributed by atoms with Crippen LogP contribution in [0.1, 0.15) is 22.7 Å². The Morgan fingerprint density at radius 3 is 2.85 bits per heavy atom. The zero-order valence-electron chi connectivity index (χ0n) is 10.7. The summed E-state index contributed by atoms with van der Waals surface area (Å²) in [5.74, 6) is 6.20. The highest BCUT2D eigenvalue weighted by Gasteiger charge is 2.19. The number of nitrogens with two attached hydrogens (primary N) is 1. The molecule has 0 spiro atoms. The van der Waals surface area contributed by atoms with E-state index in [2.05, 4.69) is 5.43 Å². The third kappa shape index (κ3) is 2.38. The SMILES string of the molecule is NNC(c1ccc2c(c1)CCO2)c1ccc(F)cc1Cl. The van der Waals surface area contributed by atoms with Gasteiger partial charge in [-0.15, -0.1) is 0 Å². The summed E-state index contributed by atoms with van der Waals surface area (Å²) in [4.78, 5) is 0. The molecular weight excluding hydrogens is 279 g/mol. The minimum atomic E-state index is -0.364. The van der Waals surface area contributed by atoms with Crippen molar-refractivity contribution in [1.29, 1.82) is 0 Å². The van der Waals surface area contributed by atoms with Crippen molar-refractivity contribution in [2.75, 3.05) is 6.61 Å². The van der Waals surface area contributed by atoms with Crippen molar-refractivity contribution in [3.05, 3.63) is 63.9 Å². The predicted molar refractivity (Wildman–Crippen MR) is 76.2 cm³/mol. The van der Waals surface area contributed by atoms with Crippen molar-refractivity contribution < 1.29 is 9.13 Å². The largest absolute Gasteiger partial charge is 0.493 e. The maximum atomic E-state index is 13.1. The van der Waals surface area contributed by atoms with Gasteiger partial charge in [0.15, 0.2) is 0 Å². The van der Waals surface area contributed by atoms with Crippen molar-refractivity contribution in [2.45, 2.75) is 12.5 Å². The molecule has 0 aromatic heterocycles. The van der Waals surface area contributed by atoms with Crippen molar-refractivity contribution in [3.63, 3.8) is 0 Å². The van der Waals surface area contributed by atoms with Crippen LogP contribution in [0.25, 0.3) is 0 Å². The average Bonchev–Trinajstić information content (AvgIpc) is 2.89. The fourth-order valence-electron chi connectivity index (χ4n) is 2.49. The number of hydrazine groups is 1. The lowest BCUT2D eigenvalue weighted by Crippen LogP contribution is -2.29. The van der Waals surface area contributed by atoms with Crippen molar-refractivity contribution in [3.8, 4) is 5.75 Å². The molecule has 2 aromatic carbocycles. The van der Waals surface area contributed by atoms with Gasteiger partial charge in [0, 0.05) is 11.4 Å². The molecule has 5 heteroatoms. The first-order valence-electron chi connectivity index (χ1n) is 6.36. The van der Waals surface area contributed by atoms with E-state index in [0.29, 0.717) is 11.6 Å². The molecule has 0 bridgehead atoms. The van der Waals surface area contributed by atoms with Crippen LogP contribution in [0.4, 0.5) is 4.39 Å². The molecule has 3 N–H and O–H groups in total. The summed E-state index contributed by atoms with van der Waals surface area (Å²) in [5, 5.41) is 0.352. The summed E-state index contributed by atoms with van der Waals surface area (Å²) in [5.41, 5.74) is 5.61. The number of rotatable bonds is 3. The van der Waals surface area contributed by atoms with Gasteiger partial charge in [-0.1, -0.05) is 29.8 Å². The Kier molecular flexibility index (Phi) is 3.61. The number of fused-ring (bicyclic) bond motifs is 1. The number of halogens is 2. The van der Waals surface area contributed by atoms with Gasteiger partial charge in [0.2, 0.25) is 0 Å². The molecule has 1 heterocycles. The van der Waals surface area contributed by atoms with E-state index in [4.69, 9.17) is 22.2 Å². The number of hydrogen-bond acceptors (Lipinski definition) is 3. The lowest BCUT2D eigenvalue weighted by Gasteiger charge is -2.19. The van der Waals surface area contributed by atoms with Crippen LogP contribution in [0.2, 0.25) is 5.02 Å². The van der Waals surface area contributed by atoms with Crippen LogP contribution in [0.15, 0.2) is 36.4 Å². The van der Waals surface area contributed by atoms with Gasteiger partial charge in [-0.05, 0) is 34.9 Å². The van der Waals surface area contributed by atoms with Gasteiger partial charge < -0.3 is 4.74 Å². The molecule has 20 heavy (non-hydrogen) atoms. The molecule has 3 nitrogen and oxygen atoms in total. The molecule has 0 saturated carbocycles. The molecule has 1 aliphatic heterocycles. The number of nitrogens with one attached hydrogen (secondary N) is 1. The van der Waals surface area contributed by atoms with Crippen molar-refractivity contribution in [2.24, 2.45) is 5.84 Å². The highest BCUT2D eigenvalue weighted by molar-refractivity contribution is 6.31. The Labute approximate surface area is 121 Å². The fourth-order valence-corrected chi connectivity index (χ4v) is 2.76. The normalized spacial score (nSPS) is 14.8. The minimum absolute atomic E-state index is 0.283. The van der Waals surface area contributed by atoms with Gasteiger partial charge in [0.25, 0.3) is 0 Å². The topological polar surface area (TPSA) is 47.3 Å². The molecule has 0 radical (unpaired) electrons. The summed E-state index contributed by atoms with van der Waals surface area (Å²) < 4.78 is 18.6. The summed E-state index contributed by atoms with van der Waals surface area (Å²) in [6.45, 7) is 0.705. The van der Waals surface area contributed by atoms with Gasteiger partial charge in [0.1, 0.15) is 11.6 Å². The van der Waals surface area contributed by atoms with Crippen LogP contribution in [0.5, 0.6) is 5.75 Å². The van der Waals surface area contributed by atoms with Crippen LogP contribution in [0, 0.1) is 5.82 Å². The quantitative estimate of drug-likeness (QED) is 0.675. The second-order valence-electron chi connectivity index (χ2n) is 4.73. The van der Waals surface area contributed by atoms with Crippen LogP contribution >= 0.6 is 11.6 Å². The maximum Gasteiger partial charge on any atom is 0.124 e. The monoisotopic (exact) mass is 292 g/mol. The van der Waals surface area contributed by atoms with Gasteiger partial charge in [-0.3, -0.25) is 5.84 Å². The van der Waals surface area contributed by atoms with E-state index in [1.165, 1.54) is 12.1 Å². The van der Waals surface area contributed by atoms with Crippen molar-refractivity contribution in [1.82, 2.24) is 5.43 Å². The number of hydrogen-bond donors (Lipinski definition) is 2. The lowest BCUT2D eigenvalue weighted by atomic mass is 9.97. The molecule has 0 amide bonds. The second-order valence-corrected chi connectivity index (χ2v) is 5.14. The van der Waals surface area contributed by atoms with E-state index >= 15 is 0 Å². The number of ether oxygens (including phenoxy) is 1. The minimum Gasteiger partial charge on any atom is -0.493 e. The zero-order chi connectivity index (χ0) is 14.1. The summed E-state index contributed by atoms with van der Waals surface area (Å²) >= 11 is 6.11. The predicted octanol–water partition coefficient (Wildman–Crippen LogP) is 2.97. The van der Waals surface area contributed by atoms with E-state index < -0.39 is 0 Å². The van der Waals surface area contributed by atoms with E-state index in [-0.39, 0.29) is 11.9 Å². The lowest BCUT2D eigenvalue weighted by molar-refractivity contribution is 0.357. The van der Waals surface area contributed by atoms with Gasteiger partial charge in [-0.25, -0.2) is 9.82 Å². The maximum absolute atomic E-state index is 13.1. The highest BCUT2D eigenvalue weighted by Crippen LogP contribution is 2.32. The molecule has 0 aliphatic carbocycles. The zero-order valence-corrected chi connectivity index (χ0v) is 11.5. The third-order valence-corrected chi connectivity index (χ3v) is 3.81. The molecular formula is C15H14ClFN2O. The molecule has 0 fully saturated rings. The molecule has 1 aliphatic rings. The van der Waals surface area contributed by atoms with E-state index in [1.807, 2.05) is 18.2 Å². The summed E-state index contributed by atoms with van der Waals surface area (Å²) in [7, 11) is 0. The summed E-state index contributed by atoms with van der Waals surface area (Å²) in [6.07, 6.45) is 0.887. The van der Waals surface area contributed by atoms with E-state index in [0.717, 1.165) is 28.9 Å². The molecule has 104 valence electrons. The molecule has 3 rings (SSSR count). The fraction of sp³-hybridized carbons (Fsp3) is 0.200. The Morgan fingerprint density at radius 1 is 1.25 bits per heavy atom. The molecule has 1 unspecified atom stereocenters. The first-order valence-corrected chi connectivity index (χ1v) is 6.73. The second kappa shape index (κ2) is 5.40. The van der Waals surface area contributed by atoms with Gasteiger partial charge >= 0.3 is 0 Å². The molecule has 0 saturated heterocycles.